The lowest BCUT2D eigenvalue weighted by Gasteiger charge is -2.01. The molecular formula is C11H18N2O2S. The predicted molar refractivity (Wildman–Crippen MR) is 66.1 cm³/mol. The number of carbonyl (C=O) groups is 1. The van der Waals surface area contributed by atoms with Crippen molar-refractivity contribution in [2.45, 2.75) is 26.5 Å². The maximum absolute atomic E-state index is 11.3. The van der Waals surface area contributed by atoms with Crippen LogP contribution in [0, 0.1) is 12.8 Å². The summed E-state index contributed by atoms with van der Waals surface area (Å²) in [7, 11) is 0. The van der Waals surface area contributed by atoms with Crippen molar-refractivity contribution >= 4 is 17.7 Å². The normalized spacial score (nSPS) is 10.8. The lowest BCUT2D eigenvalue weighted by atomic mass is 10.2. The molecule has 0 aliphatic heterocycles. The van der Waals surface area contributed by atoms with E-state index in [1.54, 1.807) is 11.8 Å². The highest BCUT2D eigenvalue weighted by molar-refractivity contribution is 7.98. The molecule has 0 fully saturated rings. The first-order chi connectivity index (χ1) is 7.54. The van der Waals surface area contributed by atoms with Crippen molar-refractivity contribution in [3.8, 4) is 0 Å². The molecule has 0 atom stereocenters. The van der Waals surface area contributed by atoms with Gasteiger partial charge in [-0.2, -0.15) is 11.8 Å². The average Bonchev–Trinajstić information content (AvgIpc) is 2.58. The number of amides is 1. The largest absolute Gasteiger partial charge is 0.455 e. The molecule has 4 nitrogen and oxygen atoms in total. The number of nitrogens with one attached hydrogen (secondary N) is 1. The molecule has 5 heteroatoms. The maximum Gasteiger partial charge on any atom is 0.301 e. The number of furan rings is 1. The summed E-state index contributed by atoms with van der Waals surface area (Å²) in [6.07, 6.45) is 0. The van der Waals surface area contributed by atoms with Gasteiger partial charge in [-0.05, 0) is 24.7 Å². The second kappa shape index (κ2) is 5.96. The second-order valence-electron chi connectivity index (χ2n) is 4.11. The Kier molecular flexibility index (Phi) is 4.89. The number of rotatable bonds is 5. The van der Waals surface area contributed by atoms with E-state index in [1.807, 2.05) is 13.0 Å². The van der Waals surface area contributed by atoms with Gasteiger partial charge in [-0.1, -0.05) is 13.8 Å². The first kappa shape index (κ1) is 13.1. The van der Waals surface area contributed by atoms with Gasteiger partial charge in [0, 0.05) is 5.56 Å². The van der Waals surface area contributed by atoms with Gasteiger partial charge in [-0.25, -0.2) is 5.84 Å². The Balaban J connectivity index is 2.59. The molecule has 90 valence electrons. The molecule has 0 spiro atoms. The highest BCUT2D eigenvalue weighted by atomic mass is 32.2. The van der Waals surface area contributed by atoms with E-state index < -0.39 is 0 Å². The number of nitrogen functional groups attached to an aromatic ring is 1. The number of hydrazine groups is 1. The van der Waals surface area contributed by atoms with Crippen LogP contribution in [0.3, 0.4) is 0 Å². The minimum absolute atomic E-state index is 0.308. The van der Waals surface area contributed by atoms with Crippen LogP contribution in [0.1, 0.15) is 35.7 Å². The molecule has 0 saturated carbocycles. The number of hydrogen-bond acceptors (Lipinski definition) is 4. The van der Waals surface area contributed by atoms with Crippen molar-refractivity contribution in [1.29, 1.82) is 0 Å². The minimum atomic E-state index is -0.377. The molecule has 0 aliphatic carbocycles. The van der Waals surface area contributed by atoms with Gasteiger partial charge in [0.1, 0.15) is 5.76 Å². The predicted octanol–water partition coefficient (Wildman–Crippen LogP) is 2.08. The van der Waals surface area contributed by atoms with Gasteiger partial charge < -0.3 is 4.42 Å². The number of thioether (sulfide) groups is 1. The monoisotopic (exact) mass is 242 g/mol. The number of hydrogen-bond donors (Lipinski definition) is 2. The molecule has 0 radical (unpaired) electrons. The van der Waals surface area contributed by atoms with E-state index in [9.17, 15) is 4.79 Å². The van der Waals surface area contributed by atoms with Gasteiger partial charge in [0.2, 0.25) is 0 Å². The van der Waals surface area contributed by atoms with Crippen molar-refractivity contribution in [3.05, 3.63) is 23.2 Å². The van der Waals surface area contributed by atoms with Crippen molar-refractivity contribution in [1.82, 2.24) is 5.43 Å². The van der Waals surface area contributed by atoms with Gasteiger partial charge in [0.05, 0.1) is 5.75 Å². The van der Waals surface area contributed by atoms with Crippen molar-refractivity contribution in [3.63, 3.8) is 0 Å². The fourth-order valence-electron chi connectivity index (χ4n) is 1.31. The third-order valence-corrected chi connectivity index (χ3v) is 3.39. The summed E-state index contributed by atoms with van der Waals surface area (Å²) in [5.41, 5.74) is 2.89. The summed E-state index contributed by atoms with van der Waals surface area (Å²) in [4.78, 5) is 11.3. The molecule has 16 heavy (non-hydrogen) atoms. The van der Waals surface area contributed by atoms with Crippen LogP contribution in [0.15, 0.2) is 10.5 Å². The fraction of sp³-hybridized carbons (Fsp3) is 0.545. The SMILES string of the molecule is Cc1cc(CSCC(C)C)oc1C(=O)NN. The molecule has 3 N–H and O–H groups in total. The fourth-order valence-corrected chi connectivity index (χ4v) is 2.24. The van der Waals surface area contributed by atoms with Crippen LogP contribution >= 0.6 is 11.8 Å². The van der Waals surface area contributed by atoms with Crippen molar-refractivity contribution in [2.75, 3.05) is 5.75 Å². The second-order valence-corrected chi connectivity index (χ2v) is 5.14. The Morgan fingerprint density at radius 2 is 2.31 bits per heavy atom. The molecular weight excluding hydrogens is 224 g/mol. The van der Waals surface area contributed by atoms with Gasteiger partial charge in [0.25, 0.3) is 0 Å². The summed E-state index contributed by atoms with van der Waals surface area (Å²) in [5.74, 6) is 8.34. The minimum Gasteiger partial charge on any atom is -0.455 e. The summed E-state index contributed by atoms with van der Waals surface area (Å²) in [6.45, 7) is 6.19. The van der Waals surface area contributed by atoms with E-state index in [-0.39, 0.29) is 5.91 Å². The molecule has 0 unspecified atom stereocenters. The van der Waals surface area contributed by atoms with Crippen LogP contribution < -0.4 is 11.3 Å². The quantitative estimate of drug-likeness (QED) is 0.471. The molecule has 1 heterocycles. The summed E-state index contributed by atoms with van der Waals surface area (Å²) >= 11 is 1.80. The van der Waals surface area contributed by atoms with E-state index in [0.29, 0.717) is 11.7 Å². The van der Waals surface area contributed by atoms with E-state index in [1.165, 1.54) is 0 Å². The maximum atomic E-state index is 11.3. The van der Waals surface area contributed by atoms with Gasteiger partial charge in [-0.3, -0.25) is 10.2 Å². The summed E-state index contributed by atoms with van der Waals surface area (Å²) in [5, 5.41) is 0. The Morgan fingerprint density at radius 3 is 2.88 bits per heavy atom. The van der Waals surface area contributed by atoms with E-state index in [4.69, 9.17) is 10.3 Å². The molecule has 0 aromatic carbocycles. The molecule has 0 saturated heterocycles. The molecule has 1 aromatic heterocycles. The Bertz CT molecular complexity index is 361. The number of carbonyl (C=O) groups excluding carboxylic acids is 1. The lowest BCUT2D eigenvalue weighted by Crippen LogP contribution is -2.30. The third kappa shape index (κ3) is 3.57. The van der Waals surface area contributed by atoms with E-state index >= 15 is 0 Å². The van der Waals surface area contributed by atoms with Crippen LogP contribution in [-0.4, -0.2) is 11.7 Å². The summed E-state index contributed by atoms with van der Waals surface area (Å²) < 4.78 is 5.44. The van der Waals surface area contributed by atoms with Crippen LogP contribution in [0.25, 0.3) is 0 Å². The average molecular weight is 242 g/mol. The highest BCUT2D eigenvalue weighted by Gasteiger charge is 2.14. The standard InChI is InChI=1S/C11H18N2O2S/c1-7(2)5-16-6-9-4-8(3)10(15-9)11(14)13-12/h4,7H,5-6,12H2,1-3H3,(H,13,14). The molecule has 1 rings (SSSR count). The summed E-state index contributed by atoms with van der Waals surface area (Å²) in [6, 6.07) is 1.89. The smallest absolute Gasteiger partial charge is 0.301 e. The Morgan fingerprint density at radius 1 is 1.62 bits per heavy atom. The van der Waals surface area contributed by atoms with Gasteiger partial charge in [-0.15, -0.1) is 0 Å². The van der Waals surface area contributed by atoms with Crippen LogP contribution in [-0.2, 0) is 5.75 Å². The van der Waals surface area contributed by atoms with E-state index in [0.717, 1.165) is 22.8 Å². The highest BCUT2D eigenvalue weighted by Crippen LogP contribution is 2.20. The number of aryl methyl sites for hydroxylation is 1. The van der Waals surface area contributed by atoms with Gasteiger partial charge in [0.15, 0.2) is 5.76 Å². The molecule has 0 bridgehead atoms. The first-order valence-corrected chi connectivity index (χ1v) is 6.38. The molecule has 1 aromatic rings. The number of nitrogens with two attached hydrogens (primary N) is 1. The van der Waals surface area contributed by atoms with Crippen LogP contribution in [0.2, 0.25) is 0 Å². The lowest BCUT2D eigenvalue weighted by molar-refractivity contribution is 0.0923. The van der Waals surface area contributed by atoms with Crippen LogP contribution in [0.5, 0.6) is 0 Å². The zero-order valence-corrected chi connectivity index (χ0v) is 10.7. The zero-order chi connectivity index (χ0) is 12.1. The molecule has 1 amide bonds. The Labute approximate surface area is 99.9 Å². The Hall–Kier alpha value is -0.940. The topological polar surface area (TPSA) is 68.3 Å². The zero-order valence-electron chi connectivity index (χ0n) is 9.87. The van der Waals surface area contributed by atoms with Crippen molar-refractivity contribution < 1.29 is 9.21 Å². The van der Waals surface area contributed by atoms with E-state index in [2.05, 4.69) is 19.3 Å². The van der Waals surface area contributed by atoms with Gasteiger partial charge >= 0.3 is 5.91 Å². The van der Waals surface area contributed by atoms with Crippen LogP contribution in [0.4, 0.5) is 0 Å². The third-order valence-electron chi connectivity index (χ3n) is 2.00. The first-order valence-electron chi connectivity index (χ1n) is 5.22. The van der Waals surface area contributed by atoms with Crippen molar-refractivity contribution in [2.24, 2.45) is 11.8 Å². The molecule has 0 aliphatic rings.